The molecular weight excluding hydrogens is 753 g/mol. The number of rotatable bonds is 37. The fraction of sp³-hybridized carbons (Fsp3) is 0.532. The highest BCUT2D eigenvalue weighted by Crippen LogP contribution is 2.43. The molecule has 0 radical (unpaired) electrons. The Hall–Kier alpha value is -3.63. The van der Waals surface area contributed by atoms with Crippen molar-refractivity contribution in [3.05, 3.63) is 122 Å². The zero-order valence-electron chi connectivity index (χ0n) is 35.3. The van der Waals surface area contributed by atoms with Crippen molar-refractivity contribution in [2.45, 2.75) is 135 Å². The summed E-state index contributed by atoms with van der Waals surface area (Å²) in [5.41, 5.74) is 5.33. The lowest BCUT2D eigenvalue weighted by Gasteiger charge is -2.19. The maximum atomic E-state index is 12.6. The molecule has 0 saturated carbocycles. The first-order valence-electron chi connectivity index (χ1n) is 21.1. The third kappa shape index (κ3) is 40.6. The Kier molecular flexibility index (Phi) is 38.9. The van der Waals surface area contributed by atoms with Crippen molar-refractivity contribution in [3.63, 3.8) is 0 Å². The Balaban J connectivity index is 4.47. The van der Waals surface area contributed by atoms with Crippen LogP contribution in [0, 0.1) is 0 Å². The van der Waals surface area contributed by atoms with Crippen molar-refractivity contribution in [1.82, 2.24) is 0 Å². The highest BCUT2D eigenvalue weighted by atomic mass is 31.2. The van der Waals surface area contributed by atoms with Gasteiger partial charge in [0.15, 0.2) is 6.10 Å². The van der Waals surface area contributed by atoms with Gasteiger partial charge in [0.2, 0.25) is 0 Å². The van der Waals surface area contributed by atoms with Gasteiger partial charge in [0.25, 0.3) is 0 Å². The maximum Gasteiger partial charge on any atom is 0.472 e. The number of unbranched alkanes of at least 4 members (excludes halogenated alkanes) is 4. The number of esters is 2. The Morgan fingerprint density at radius 1 is 0.603 bits per heavy atom. The van der Waals surface area contributed by atoms with Gasteiger partial charge in [-0.05, 0) is 83.5 Å². The molecule has 0 aromatic carbocycles. The SMILES string of the molecule is CC/C=C\C/C=C\C/C=C\C/C=C\C=C/C(O)C/C=C\CCC(=O)O[C@H](COC(=O)CCCCCC/C=C\C/C=C\C/C=C\C/C=C\CC)COP(=O)(O)OCCN. The first kappa shape index (κ1) is 54.4. The second-order valence-corrected chi connectivity index (χ2v) is 14.7. The number of hydrogen-bond acceptors (Lipinski definition) is 9. The third-order valence-electron chi connectivity index (χ3n) is 7.94. The molecule has 0 spiro atoms. The average Bonchev–Trinajstić information content (AvgIpc) is 3.20. The number of aliphatic hydroxyl groups excluding tert-OH is 1. The molecule has 2 unspecified atom stereocenters. The molecule has 326 valence electrons. The largest absolute Gasteiger partial charge is 0.472 e. The number of allylic oxidation sites excluding steroid dienone is 18. The average molecular weight is 828 g/mol. The number of hydrogen-bond donors (Lipinski definition) is 3. The van der Waals surface area contributed by atoms with E-state index in [0.29, 0.717) is 19.3 Å². The zero-order valence-corrected chi connectivity index (χ0v) is 36.2. The molecule has 4 N–H and O–H groups in total. The number of nitrogens with two attached hydrogens (primary N) is 1. The standard InChI is InChI=1S/C47H74NO9P/c1-3-5-7-9-11-13-15-17-18-19-20-22-24-26-28-30-34-38-46(50)54-42-45(43-56-58(52,53)55-41-40-48)57-47(51)39-35-31-33-37-44(49)36-32-29-27-25-23-21-16-14-12-10-8-6-4-2/h5-8,11-14,17-18,20-23,27,29,31-33,36,44-45,49H,3-4,9-10,15-16,19,24-26,28,30,34-35,37-43,48H2,1-2H3,(H,52,53)/b7-5-,8-6-,13-11-,14-12-,18-17-,22-20-,23-21-,29-27-,33-31-,36-32-/t44?,45-/m1/s1. The van der Waals surface area contributed by atoms with E-state index in [4.69, 9.17) is 24.3 Å². The van der Waals surface area contributed by atoms with Crippen LogP contribution in [0.5, 0.6) is 0 Å². The first-order valence-corrected chi connectivity index (χ1v) is 22.6. The molecule has 0 fully saturated rings. The van der Waals surface area contributed by atoms with Gasteiger partial charge in [-0.2, -0.15) is 0 Å². The van der Waals surface area contributed by atoms with E-state index in [2.05, 4.69) is 98.9 Å². The monoisotopic (exact) mass is 828 g/mol. The van der Waals surface area contributed by atoms with E-state index in [1.54, 1.807) is 24.3 Å². The van der Waals surface area contributed by atoms with Gasteiger partial charge < -0.3 is 25.2 Å². The van der Waals surface area contributed by atoms with Crippen LogP contribution in [0.4, 0.5) is 0 Å². The van der Waals surface area contributed by atoms with E-state index in [1.807, 2.05) is 12.2 Å². The predicted molar refractivity (Wildman–Crippen MR) is 239 cm³/mol. The first-order chi connectivity index (χ1) is 28.2. The Morgan fingerprint density at radius 3 is 1.72 bits per heavy atom. The van der Waals surface area contributed by atoms with Gasteiger partial charge in [0.1, 0.15) is 6.61 Å². The van der Waals surface area contributed by atoms with Gasteiger partial charge in [-0.1, -0.05) is 148 Å². The van der Waals surface area contributed by atoms with E-state index in [1.165, 1.54) is 0 Å². The van der Waals surface area contributed by atoms with Crippen LogP contribution in [0.1, 0.15) is 123 Å². The highest BCUT2D eigenvalue weighted by molar-refractivity contribution is 7.47. The fourth-order valence-corrected chi connectivity index (χ4v) is 5.62. The zero-order chi connectivity index (χ0) is 42.6. The summed E-state index contributed by atoms with van der Waals surface area (Å²) in [4.78, 5) is 34.8. The summed E-state index contributed by atoms with van der Waals surface area (Å²) < 4.78 is 32.6. The van der Waals surface area contributed by atoms with Crippen LogP contribution in [0.2, 0.25) is 0 Å². The lowest BCUT2D eigenvalue weighted by Crippen LogP contribution is -2.29. The van der Waals surface area contributed by atoms with E-state index < -0.39 is 38.6 Å². The Morgan fingerprint density at radius 2 is 1.14 bits per heavy atom. The molecule has 0 aromatic heterocycles. The van der Waals surface area contributed by atoms with Crippen molar-refractivity contribution in [2.24, 2.45) is 5.73 Å². The topological polar surface area (TPSA) is 155 Å². The number of carbonyl (C=O) groups is 2. The van der Waals surface area contributed by atoms with Crippen LogP contribution >= 0.6 is 7.82 Å². The molecule has 0 heterocycles. The molecule has 0 amide bonds. The van der Waals surface area contributed by atoms with Crippen molar-refractivity contribution < 1.29 is 42.7 Å². The van der Waals surface area contributed by atoms with Crippen molar-refractivity contribution in [1.29, 1.82) is 0 Å². The number of carbonyl (C=O) groups excluding carboxylic acids is 2. The van der Waals surface area contributed by atoms with Crippen molar-refractivity contribution >= 4 is 19.8 Å². The van der Waals surface area contributed by atoms with E-state index in [9.17, 15) is 24.2 Å². The molecule has 0 bridgehead atoms. The number of aliphatic hydroxyl groups is 1. The summed E-state index contributed by atoms with van der Waals surface area (Å²) in [6, 6.07) is 0. The molecule has 0 aliphatic rings. The number of phosphoric acid groups is 1. The van der Waals surface area contributed by atoms with E-state index >= 15 is 0 Å². The molecule has 0 saturated heterocycles. The minimum Gasteiger partial charge on any atom is -0.462 e. The molecule has 0 aromatic rings. The van der Waals surface area contributed by atoms with Crippen LogP contribution in [0.3, 0.4) is 0 Å². The molecule has 11 heteroatoms. The second-order valence-electron chi connectivity index (χ2n) is 13.3. The minimum atomic E-state index is -4.44. The van der Waals surface area contributed by atoms with Crippen LogP contribution < -0.4 is 5.73 Å². The number of phosphoric ester groups is 1. The minimum absolute atomic E-state index is 0.0101. The van der Waals surface area contributed by atoms with Gasteiger partial charge in [-0.3, -0.25) is 18.6 Å². The van der Waals surface area contributed by atoms with Gasteiger partial charge in [0, 0.05) is 19.4 Å². The molecule has 0 aliphatic carbocycles. The summed E-state index contributed by atoms with van der Waals surface area (Å²) in [5.74, 6) is -1.05. The summed E-state index contributed by atoms with van der Waals surface area (Å²) in [7, 11) is -4.44. The van der Waals surface area contributed by atoms with Crippen molar-refractivity contribution in [3.8, 4) is 0 Å². The normalized spacial score (nSPS) is 15.1. The summed E-state index contributed by atoms with van der Waals surface area (Å²) in [6.45, 7) is 3.23. The summed E-state index contributed by atoms with van der Waals surface area (Å²) in [6.07, 6.45) is 52.6. The predicted octanol–water partition coefficient (Wildman–Crippen LogP) is 11.1. The summed E-state index contributed by atoms with van der Waals surface area (Å²) >= 11 is 0. The second kappa shape index (κ2) is 41.5. The smallest absolute Gasteiger partial charge is 0.462 e. The maximum absolute atomic E-state index is 12.6. The molecular formula is C47H74NO9P. The highest BCUT2D eigenvalue weighted by Gasteiger charge is 2.25. The summed E-state index contributed by atoms with van der Waals surface area (Å²) in [5, 5.41) is 10.2. The van der Waals surface area contributed by atoms with Gasteiger partial charge in [-0.25, -0.2) is 4.57 Å². The molecule has 0 aliphatic heterocycles. The van der Waals surface area contributed by atoms with Gasteiger partial charge >= 0.3 is 19.8 Å². The van der Waals surface area contributed by atoms with E-state index in [-0.39, 0.29) is 32.6 Å². The number of ether oxygens (including phenoxy) is 2. The quantitative estimate of drug-likeness (QED) is 0.0181. The lowest BCUT2D eigenvalue weighted by atomic mass is 10.1. The fourth-order valence-electron chi connectivity index (χ4n) is 4.85. The molecule has 58 heavy (non-hydrogen) atoms. The Labute approximate surface area is 350 Å². The van der Waals surface area contributed by atoms with E-state index in [0.717, 1.165) is 77.0 Å². The lowest BCUT2D eigenvalue weighted by molar-refractivity contribution is -0.161. The Bertz CT molecular complexity index is 1370. The molecule has 10 nitrogen and oxygen atoms in total. The molecule has 3 atom stereocenters. The van der Waals surface area contributed by atoms with Gasteiger partial charge in [0.05, 0.1) is 19.3 Å². The van der Waals surface area contributed by atoms with Crippen LogP contribution in [0.25, 0.3) is 0 Å². The van der Waals surface area contributed by atoms with Gasteiger partial charge in [-0.15, -0.1) is 0 Å². The van der Waals surface area contributed by atoms with Crippen molar-refractivity contribution in [2.75, 3.05) is 26.4 Å². The molecule has 0 rings (SSSR count). The van der Waals surface area contributed by atoms with Crippen LogP contribution in [0.15, 0.2) is 122 Å². The van der Waals surface area contributed by atoms with Crippen LogP contribution in [-0.2, 0) is 32.7 Å². The van der Waals surface area contributed by atoms with Crippen LogP contribution in [-0.4, -0.2) is 60.5 Å². The third-order valence-corrected chi connectivity index (χ3v) is 8.92.